The number of hydrogen-bond donors (Lipinski definition) is 2. The van der Waals surface area contributed by atoms with Crippen LogP contribution in [0.1, 0.15) is 11.1 Å². The summed E-state index contributed by atoms with van der Waals surface area (Å²) in [5, 5.41) is 9.50. The van der Waals surface area contributed by atoms with Crippen LogP contribution in [0.25, 0.3) is 0 Å². The summed E-state index contributed by atoms with van der Waals surface area (Å²) in [6, 6.07) is 14.8. The summed E-state index contributed by atoms with van der Waals surface area (Å²) in [6.07, 6.45) is 0.620. The molecule has 0 unspecified atom stereocenters. The van der Waals surface area contributed by atoms with E-state index in [0.717, 1.165) is 11.1 Å². The topological polar surface area (TPSA) is 66.4 Å². The molecule has 2 aromatic carbocycles. The van der Waals surface area contributed by atoms with Crippen molar-refractivity contribution in [2.45, 2.75) is 18.2 Å². The van der Waals surface area contributed by atoms with Crippen LogP contribution in [0.3, 0.4) is 0 Å². The number of aliphatic hydroxyl groups is 1. The summed E-state index contributed by atoms with van der Waals surface area (Å²) < 4.78 is 28.0. The van der Waals surface area contributed by atoms with Crippen LogP contribution >= 0.6 is 15.9 Å². The van der Waals surface area contributed by atoms with Crippen molar-refractivity contribution in [3.05, 3.63) is 64.1 Å². The lowest BCUT2D eigenvalue weighted by atomic mass is 10.0. The lowest BCUT2D eigenvalue weighted by Crippen LogP contribution is -2.32. The molecule has 0 amide bonds. The molecule has 0 heterocycles. The third-order valence-corrected chi connectivity index (χ3v) is 5.96. The van der Waals surface area contributed by atoms with Crippen LogP contribution in [0.4, 0.5) is 0 Å². The molecule has 23 heavy (non-hydrogen) atoms. The average Bonchev–Trinajstić information content (AvgIpc) is 2.52. The maximum atomic E-state index is 12.4. The van der Waals surface area contributed by atoms with E-state index >= 15 is 0 Å². The van der Waals surface area contributed by atoms with Crippen LogP contribution in [-0.2, 0) is 16.4 Å². The summed E-state index contributed by atoms with van der Waals surface area (Å²) in [5.41, 5.74) is 2.05. The number of benzene rings is 2. The van der Waals surface area contributed by atoms with Gasteiger partial charge in [0.05, 0.1) is 4.90 Å². The van der Waals surface area contributed by atoms with E-state index in [1.807, 2.05) is 37.3 Å². The van der Waals surface area contributed by atoms with E-state index in [9.17, 15) is 13.5 Å². The van der Waals surface area contributed by atoms with E-state index in [4.69, 9.17) is 0 Å². The molecule has 0 aliphatic rings. The van der Waals surface area contributed by atoms with Gasteiger partial charge in [0.25, 0.3) is 0 Å². The van der Waals surface area contributed by atoms with Gasteiger partial charge in [-0.2, -0.15) is 0 Å². The molecule has 0 bridgehead atoms. The first-order valence-corrected chi connectivity index (χ1v) is 9.60. The van der Waals surface area contributed by atoms with Crippen LogP contribution in [0, 0.1) is 12.8 Å². The largest absolute Gasteiger partial charge is 0.396 e. The number of sulfonamides is 1. The SMILES string of the molecule is Cc1ccc(S(=O)(=O)NC[C@@H](CO)Cc2ccccc2)c(Br)c1. The molecular formula is C17H20BrNO3S. The maximum absolute atomic E-state index is 12.4. The third kappa shape index (κ3) is 5.14. The molecule has 2 aromatic rings. The zero-order chi connectivity index (χ0) is 16.9. The van der Waals surface area contributed by atoms with Crippen LogP contribution in [0.5, 0.6) is 0 Å². The highest BCUT2D eigenvalue weighted by Gasteiger charge is 2.19. The molecule has 124 valence electrons. The molecule has 0 saturated heterocycles. The zero-order valence-corrected chi connectivity index (χ0v) is 15.3. The molecule has 6 heteroatoms. The number of nitrogens with one attached hydrogen (secondary N) is 1. The molecule has 0 aromatic heterocycles. The fourth-order valence-corrected chi connectivity index (χ4v) is 4.58. The highest BCUT2D eigenvalue weighted by molar-refractivity contribution is 9.10. The van der Waals surface area contributed by atoms with Gasteiger partial charge in [-0.1, -0.05) is 36.4 Å². The fraction of sp³-hybridized carbons (Fsp3) is 0.294. The average molecular weight is 398 g/mol. The van der Waals surface area contributed by atoms with Gasteiger partial charge in [-0.05, 0) is 58.5 Å². The minimum absolute atomic E-state index is 0.0769. The Bertz CT molecular complexity index is 748. The fourth-order valence-electron chi connectivity index (χ4n) is 2.28. The molecule has 0 aliphatic heterocycles. The summed E-state index contributed by atoms with van der Waals surface area (Å²) in [5.74, 6) is -0.170. The predicted octanol–water partition coefficient (Wildman–Crippen LogP) is 2.89. The molecule has 0 radical (unpaired) electrons. The monoisotopic (exact) mass is 397 g/mol. The van der Waals surface area contributed by atoms with Crippen molar-refractivity contribution in [2.75, 3.05) is 13.2 Å². The van der Waals surface area contributed by atoms with Gasteiger partial charge < -0.3 is 5.11 Å². The molecular weight excluding hydrogens is 378 g/mol. The first-order chi connectivity index (χ1) is 10.9. The lowest BCUT2D eigenvalue weighted by Gasteiger charge is -2.16. The van der Waals surface area contributed by atoms with E-state index in [-0.39, 0.29) is 24.0 Å². The highest BCUT2D eigenvalue weighted by Crippen LogP contribution is 2.23. The van der Waals surface area contributed by atoms with E-state index in [1.165, 1.54) is 0 Å². The quantitative estimate of drug-likeness (QED) is 0.754. The molecule has 0 spiro atoms. The Morgan fingerprint density at radius 1 is 1.17 bits per heavy atom. The Morgan fingerprint density at radius 2 is 1.87 bits per heavy atom. The van der Waals surface area contributed by atoms with Crippen molar-refractivity contribution in [3.63, 3.8) is 0 Å². The van der Waals surface area contributed by atoms with Gasteiger partial charge >= 0.3 is 0 Å². The number of aliphatic hydroxyl groups excluding tert-OH is 1. The normalized spacial score (nSPS) is 13.0. The summed E-state index contributed by atoms with van der Waals surface area (Å²) >= 11 is 3.29. The van der Waals surface area contributed by atoms with E-state index in [1.54, 1.807) is 18.2 Å². The molecule has 0 saturated carbocycles. The molecule has 4 nitrogen and oxygen atoms in total. The second-order valence-corrected chi connectivity index (χ2v) is 8.11. The van der Waals surface area contributed by atoms with Crippen molar-refractivity contribution in [1.29, 1.82) is 0 Å². The van der Waals surface area contributed by atoms with E-state index in [0.29, 0.717) is 10.9 Å². The Kier molecular flexibility index (Phi) is 6.35. The second kappa shape index (κ2) is 8.06. The summed E-state index contributed by atoms with van der Waals surface area (Å²) in [4.78, 5) is 0.208. The maximum Gasteiger partial charge on any atom is 0.241 e. The van der Waals surface area contributed by atoms with E-state index in [2.05, 4.69) is 20.7 Å². The zero-order valence-electron chi connectivity index (χ0n) is 12.9. The van der Waals surface area contributed by atoms with Crippen molar-refractivity contribution in [3.8, 4) is 0 Å². The Morgan fingerprint density at radius 3 is 2.48 bits per heavy atom. The Hall–Kier alpha value is -1.21. The first-order valence-electron chi connectivity index (χ1n) is 7.33. The predicted molar refractivity (Wildman–Crippen MR) is 94.8 cm³/mol. The standard InChI is InChI=1S/C17H20BrNO3S/c1-13-7-8-17(16(18)9-13)23(21,22)19-11-15(12-20)10-14-5-3-2-4-6-14/h2-9,15,19-20H,10-12H2,1H3/t15-/m0/s1. The van der Waals surface area contributed by atoms with Gasteiger partial charge in [0.15, 0.2) is 0 Å². The second-order valence-electron chi connectivity index (χ2n) is 5.52. The van der Waals surface area contributed by atoms with Crippen LogP contribution in [0.2, 0.25) is 0 Å². The van der Waals surface area contributed by atoms with Crippen molar-refractivity contribution >= 4 is 26.0 Å². The molecule has 2 rings (SSSR count). The van der Waals surface area contributed by atoms with Gasteiger partial charge in [0.2, 0.25) is 10.0 Å². The minimum Gasteiger partial charge on any atom is -0.396 e. The minimum atomic E-state index is -3.61. The van der Waals surface area contributed by atoms with Gasteiger partial charge in [-0.3, -0.25) is 0 Å². The number of aryl methyl sites for hydroxylation is 1. The van der Waals surface area contributed by atoms with Crippen LogP contribution < -0.4 is 4.72 Å². The Labute approximate surface area is 145 Å². The van der Waals surface area contributed by atoms with Crippen LogP contribution in [0.15, 0.2) is 57.9 Å². The molecule has 0 aliphatic carbocycles. The number of hydrogen-bond acceptors (Lipinski definition) is 3. The van der Waals surface area contributed by atoms with Gasteiger partial charge in [-0.15, -0.1) is 0 Å². The van der Waals surface area contributed by atoms with Gasteiger partial charge in [0, 0.05) is 17.6 Å². The van der Waals surface area contributed by atoms with Crippen LogP contribution in [-0.4, -0.2) is 26.7 Å². The van der Waals surface area contributed by atoms with Crippen molar-refractivity contribution < 1.29 is 13.5 Å². The summed E-state index contributed by atoms with van der Waals surface area (Å²) in [7, 11) is -3.61. The molecule has 1 atom stereocenters. The smallest absolute Gasteiger partial charge is 0.241 e. The van der Waals surface area contributed by atoms with E-state index < -0.39 is 10.0 Å². The van der Waals surface area contributed by atoms with Crippen molar-refractivity contribution in [2.24, 2.45) is 5.92 Å². The Balaban J connectivity index is 2.05. The van der Waals surface area contributed by atoms with Crippen molar-refractivity contribution in [1.82, 2.24) is 4.72 Å². The van der Waals surface area contributed by atoms with Gasteiger partial charge in [0.1, 0.15) is 0 Å². The third-order valence-electron chi connectivity index (χ3n) is 3.56. The number of rotatable bonds is 7. The van der Waals surface area contributed by atoms with Gasteiger partial charge in [-0.25, -0.2) is 13.1 Å². The molecule has 2 N–H and O–H groups in total. The number of halogens is 1. The summed E-state index contributed by atoms with van der Waals surface area (Å²) in [6.45, 7) is 2.01. The first kappa shape index (κ1) is 18.1. The lowest BCUT2D eigenvalue weighted by molar-refractivity contribution is 0.227. The highest BCUT2D eigenvalue weighted by atomic mass is 79.9. The molecule has 0 fully saturated rings.